The maximum atomic E-state index is 12.1. The van der Waals surface area contributed by atoms with E-state index in [1.807, 2.05) is 13.0 Å². The highest BCUT2D eigenvalue weighted by atomic mass is 16.1. The third kappa shape index (κ3) is 2.52. The zero-order valence-corrected chi connectivity index (χ0v) is 10.7. The van der Waals surface area contributed by atoms with Crippen LogP contribution in [0.15, 0.2) is 18.2 Å². The highest BCUT2D eigenvalue weighted by Gasteiger charge is 2.29. The van der Waals surface area contributed by atoms with Crippen molar-refractivity contribution in [3.63, 3.8) is 0 Å². The van der Waals surface area contributed by atoms with E-state index in [2.05, 4.69) is 23.6 Å². The summed E-state index contributed by atoms with van der Waals surface area (Å²) in [6.07, 6.45) is 0. The van der Waals surface area contributed by atoms with Gasteiger partial charge in [0.2, 0.25) is 5.91 Å². The molecule has 1 aromatic rings. The molecule has 2 rings (SSSR count). The van der Waals surface area contributed by atoms with Crippen LogP contribution in [0, 0.1) is 30.1 Å². The first-order chi connectivity index (χ1) is 8.61. The summed E-state index contributed by atoms with van der Waals surface area (Å²) in [5.41, 5.74) is 2.27. The number of carbonyl (C=O) groups is 1. The lowest BCUT2D eigenvalue weighted by Crippen LogP contribution is -2.28. The molecule has 94 valence electrons. The predicted octanol–water partition coefficient (Wildman–Crippen LogP) is 1.66. The van der Waals surface area contributed by atoms with E-state index in [-0.39, 0.29) is 11.8 Å². The van der Waals surface area contributed by atoms with Crippen LogP contribution in [0.25, 0.3) is 0 Å². The standard InChI is InChI=1S/C14H17N3O/c1-9-3-4-11(6-15)5-13(9)17-14(18)12-8-16-7-10(12)2/h3-5,10,12,16H,7-8H2,1-2H3,(H,17,18)/t10-,12-/m1/s1. The summed E-state index contributed by atoms with van der Waals surface area (Å²) in [5.74, 6) is 0.394. The van der Waals surface area contributed by atoms with Crippen molar-refractivity contribution in [3.05, 3.63) is 29.3 Å². The van der Waals surface area contributed by atoms with Crippen LogP contribution in [0.5, 0.6) is 0 Å². The molecule has 1 aliphatic rings. The molecule has 0 radical (unpaired) electrons. The van der Waals surface area contributed by atoms with Crippen LogP contribution in [0.2, 0.25) is 0 Å². The van der Waals surface area contributed by atoms with E-state index in [0.717, 1.165) is 24.3 Å². The smallest absolute Gasteiger partial charge is 0.229 e. The van der Waals surface area contributed by atoms with Gasteiger partial charge in [-0.25, -0.2) is 0 Å². The van der Waals surface area contributed by atoms with Crippen LogP contribution < -0.4 is 10.6 Å². The van der Waals surface area contributed by atoms with Crippen molar-refractivity contribution in [1.82, 2.24) is 5.32 Å². The average molecular weight is 243 g/mol. The third-order valence-electron chi connectivity index (χ3n) is 3.48. The molecule has 1 aliphatic heterocycles. The Morgan fingerprint density at radius 2 is 2.28 bits per heavy atom. The molecule has 0 saturated carbocycles. The first-order valence-corrected chi connectivity index (χ1v) is 6.14. The Balaban J connectivity index is 2.14. The lowest BCUT2D eigenvalue weighted by atomic mass is 9.97. The molecule has 1 heterocycles. The van der Waals surface area contributed by atoms with Crippen molar-refractivity contribution in [2.75, 3.05) is 18.4 Å². The average Bonchev–Trinajstić information content (AvgIpc) is 2.78. The molecule has 2 N–H and O–H groups in total. The maximum Gasteiger partial charge on any atom is 0.229 e. The van der Waals surface area contributed by atoms with Crippen LogP contribution in [0.4, 0.5) is 5.69 Å². The summed E-state index contributed by atoms with van der Waals surface area (Å²) in [5, 5.41) is 15.0. The number of benzene rings is 1. The largest absolute Gasteiger partial charge is 0.326 e. The number of anilines is 1. The van der Waals surface area contributed by atoms with Gasteiger partial charge in [-0.15, -0.1) is 0 Å². The zero-order chi connectivity index (χ0) is 13.1. The summed E-state index contributed by atoms with van der Waals surface area (Å²) in [6.45, 7) is 5.61. The van der Waals surface area contributed by atoms with Gasteiger partial charge in [0.05, 0.1) is 17.6 Å². The van der Waals surface area contributed by atoms with Gasteiger partial charge in [0.1, 0.15) is 0 Å². The summed E-state index contributed by atoms with van der Waals surface area (Å²) in [4.78, 5) is 12.1. The molecule has 1 amide bonds. The van der Waals surface area contributed by atoms with Gasteiger partial charge in [-0.2, -0.15) is 5.26 Å². The van der Waals surface area contributed by atoms with E-state index in [1.54, 1.807) is 12.1 Å². The molecule has 18 heavy (non-hydrogen) atoms. The highest BCUT2D eigenvalue weighted by Crippen LogP contribution is 2.21. The molecule has 0 bridgehead atoms. The fraction of sp³-hybridized carbons (Fsp3) is 0.429. The van der Waals surface area contributed by atoms with Gasteiger partial charge in [-0.05, 0) is 37.1 Å². The van der Waals surface area contributed by atoms with Crippen molar-refractivity contribution < 1.29 is 4.79 Å². The monoisotopic (exact) mass is 243 g/mol. The van der Waals surface area contributed by atoms with Crippen LogP contribution in [-0.4, -0.2) is 19.0 Å². The van der Waals surface area contributed by atoms with Gasteiger partial charge in [-0.3, -0.25) is 4.79 Å². The van der Waals surface area contributed by atoms with E-state index < -0.39 is 0 Å². The Kier molecular flexibility index (Phi) is 3.63. The maximum absolute atomic E-state index is 12.1. The molecule has 0 aliphatic carbocycles. The molecule has 2 atom stereocenters. The van der Waals surface area contributed by atoms with Crippen molar-refractivity contribution in [3.8, 4) is 6.07 Å². The SMILES string of the molecule is Cc1ccc(C#N)cc1NC(=O)[C@@H]1CNC[C@H]1C. The summed E-state index contributed by atoms with van der Waals surface area (Å²) < 4.78 is 0. The minimum absolute atomic E-state index is 0.00939. The van der Waals surface area contributed by atoms with Gasteiger partial charge >= 0.3 is 0 Å². The lowest BCUT2D eigenvalue weighted by molar-refractivity contribution is -0.120. The Hall–Kier alpha value is -1.86. The van der Waals surface area contributed by atoms with E-state index in [9.17, 15) is 4.79 Å². The first-order valence-electron chi connectivity index (χ1n) is 6.14. The summed E-state index contributed by atoms with van der Waals surface area (Å²) >= 11 is 0. The van der Waals surface area contributed by atoms with Crippen LogP contribution in [0.3, 0.4) is 0 Å². The second kappa shape index (κ2) is 5.19. The predicted molar refractivity (Wildman–Crippen MR) is 70.0 cm³/mol. The third-order valence-corrected chi connectivity index (χ3v) is 3.48. The molecule has 0 unspecified atom stereocenters. The van der Waals surface area contributed by atoms with Crippen molar-refractivity contribution >= 4 is 11.6 Å². The van der Waals surface area contributed by atoms with Crippen molar-refractivity contribution in [1.29, 1.82) is 5.26 Å². The summed E-state index contributed by atoms with van der Waals surface area (Å²) in [7, 11) is 0. The lowest BCUT2D eigenvalue weighted by Gasteiger charge is -2.15. The molecule has 1 saturated heterocycles. The van der Waals surface area contributed by atoms with E-state index >= 15 is 0 Å². The molecule has 0 aromatic heterocycles. The Morgan fingerprint density at radius 1 is 1.50 bits per heavy atom. The van der Waals surface area contributed by atoms with Gasteiger partial charge in [0.25, 0.3) is 0 Å². The number of nitriles is 1. The van der Waals surface area contributed by atoms with E-state index in [1.165, 1.54) is 0 Å². The highest BCUT2D eigenvalue weighted by molar-refractivity contribution is 5.94. The number of amides is 1. The number of hydrogen-bond acceptors (Lipinski definition) is 3. The molecule has 0 spiro atoms. The molecular formula is C14H17N3O. The van der Waals surface area contributed by atoms with Crippen LogP contribution >= 0.6 is 0 Å². The number of hydrogen-bond donors (Lipinski definition) is 2. The van der Waals surface area contributed by atoms with Crippen LogP contribution in [-0.2, 0) is 4.79 Å². The van der Waals surface area contributed by atoms with Gasteiger partial charge in [-0.1, -0.05) is 13.0 Å². The summed E-state index contributed by atoms with van der Waals surface area (Å²) in [6, 6.07) is 7.41. The Labute approximate surface area is 107 Å². The van der Waals surface area contributed by atoms with Gasteiger partial charge in [0.15, 0.2) is 0 Å². The Bertz CT molecular complexity index is 504. The first kappa shape index (κ1) is 12.6. The second-order valence-corrected chi connectivity index (χ2v) is 4.87. The Morgan fingerprint density at radius 3 is 2.89 bits per heavy atom. The van der Waals surface area contributed by atoms with Crippen LogP contribution in [0.1, 0.15) is 18.1 Å². The number of carbonyl (C=O) groups excluding carboxylic acids is 1. The fourth-order valence-electron chi connectivity index (χ4n) is 2.21. The second-order valence-electron chi connectivity index (χ2n) is 4.87. The minimum atomic E-state index is 0.00939. The van der Waals surface area contributed by atoms with Crippen molar-refractivity contribution in [2.45, 2.75) is 13.8 Å². The number of nitrogens with zero attached hydrogens (tertiary/aromatic N) is 1. The zero-order valence-electron chi connectivity index (χ0n) is 10.7. The van der Waals surface area contributed by atoms with E-state index in [4.69, 9.17) is 5.26 Å². The van der Waals surface area contributed by atoms with Gasteiger partial charge in [0, 0.05) is 12.2 Å². The van der Waals surface area contributed by atoms with E-state index in [0.29, 0.717) is 11.5 Å². The molecule has 1 fully saturated rings. The minimum Gasteiger partial charge on any atom is -0.326 e. The molecule has 4 nitrogen and oxygen atoms in total. The quantitative estimate of drug-likeness (QED) is 0.830. The normalized spacial score (nSPS) is 22.5. The molecule has 1 aromatic carbocycles. The van der Waals surface area contributed by atoms with Gasteiger partial charge < -0.3 is 10.6 Å². The number of rotatable bonds is 2. The molecule has 4 heteroatoms. The topological polar surface area (TPSA) is 64.9 Å². The number of aryl methyl sites for hydroxylation is 1. The fourth-order valence-corrected chi connectivity index (χ4v) is 2.21. The molecular weight excluding hydrogens is 226 g/mol. The van der Waals surface area contributed by atoms with Crippen molar-refractivity contribution in [2.24, 2.45) is 11.8 Å². The number of nitrogens with one attached hydrogen (secondary N) is 2.